The van der Waals surface area contributed by atoms with Crippen molar-refractivity contribution in [2.24, 2.45) is 11.3 Å². The number of aromatic nitrogens is 1. The second-order valence-electron chi connectivity index (χ2n) is 12.6. The van der Waals surface area contributed by atoms with Gasteiger partial charge in [-0.05, 0) is 47.8 Å². The summed E-state index contributed by atoms with van der Waals surface area (Å²) in [6.07, 6.45) is -2.29. The molecule has 3 unspecified atom stereocenters. The van der Waals surface area contributed by atoms with Crippen LogP contribution in [0, 0.1) is 11.3 Å². The molecule has 1 aromatic heterocycles. The molecule has 2 aromatic rings. The normalized spacial score (nSPS) is 25.9. The number of hydrogen-bond acceptors (Lipinski definition) is 4. The largest absolute Gasteiger partial charge is 0.416 e. The fourth-order valence-corrected chi connectivity index (χ4v) is 5.79. The van der Waals surface area contributed by atoms with Gasteiger partial charge in [0.2, 0.25) is 0 Å². The number of alkyl halides is 3. The fourth-order valence-electron chi connectivity index (χ4n) is 5.79. The molecule has 0 radical (unpaired) electrons. The summed E-state index contributed by atoms with van der Waals surface area (Å²) in [7, 11) is 0. The Morgan fingerprint density at radius 1 is 1.08 bits per heavy atom. The van der Waals surface area contributed by atoms with Gasteiger partial charge in [-0.1, -0.05) is 67.0 Å². The number of rotatable bonds is 3. The van der Waals surface area contributed by atoms with Gasteiger partial charge in [0.15, 0.2) is 0 Å². The minimum absolute atomic E-state index is 0.0759. The van der Waals surface area contributed by atoms with Crippen LogP contribution in [0.2, 0.25) is 0 Å². The Morgan fingerprint density at radius 3 is 2.21 bits per heavy atom. The molecular formula is C31H42F3NO3. The molecule has 0 amide bonds. The second-order valence-corrected chi connectivity index (χ2v) is 12.6. The number of ether oxygens (including phenoxy) is 2. The van der Waals surface area contributed by atoms with Gasteiger partial charge in [-0.25, -0.2) is 0 Å². The van der Waals surface area contributed by atoms with Crippen molar-refractivity contribution in [2.45, 2.75) is 104 Å². The molecule has 3 atom stereocenters. The van der Waals surface area contributed by atoms with Crippen LogP contribution in [-0.2, 0) is 27.7 Å². The van der Waals surface area contributed by atoms with E-state index in [2.05, 4.69) is 48.5 Å². The number of nitrogens with zero attached hydrogens (tertiary/aromatic N) is 1. The lowest BCUT2D eigenvalue weighted by Gasteiger charge is -2.37. The van der Waals surface area contributed by atoms with Crippen LogP contribution in [0.4, 0.5) is 13.2 Å². The highest BCUT2D eigenvalue weighted by Crippen LogP contribution is 2.57. The predicted octanol–water partition coefficient (Wildman–Crippen LogP) is 8.02. The SMILES string of the molecule is CC(C)c1nc2c(c3c1C(c1ccc(C(F)(F)F)cc1)OC31CCOC1)C(O)CC(C)(C)C2.CCC(C)C. The first-order valence-electron chi connectivity index (χ1n) is 13.9. The van der Waals surface area contributed by atoms with E-state index >= 15 is 0 Å². The van der Waals surface area contributed by atoms with Crippen LogP contribution in [-0.4, -0.2) is 23.3 Å². The van der Waals surface area contributed by atoms with Gasteiger partial charge in [-0.15, -0.1) is 0 Å². The topological polar surface area (TPSA) is 51.6 Å². The van der Waals surface area contributed by atoms with E-state index < -0.39 is 29.5 Å². The Kier molecular flexibility index (Phi) is 8.06. The predicted molar refractivity (Wildman–Crippen MR) is 142 cm³/mol. The maximum Gasteiger partial charge on any atom is 0.416 e. The summed E-state index contributed by atoms with van der Waals surface area (Å²) in [5, 5.41) is 11.3. The number of hydrogen-bond donors (Lipinski definition) is 1. The first-order chi connectivity index (χ1) is 17.7. The molecule has 5 rings (SSSR count). The van der Waals surface area contributed by atoms with E-state index in [1.165, 1.54) is 18.6 Å². The summed E-state index contributed by atoms with van der Waals surface area (Å²) in [6.45, 7) is 16.0. The van der Waals surface area contributed by atoms with Gasteiger partial charge in [0.05, 0.1) is 18.3 Å². The van der Waals surface area contributed by atoms with Crippen LogP contribution < -0.4 is 0 Å². The van der Waals surface area contributed by atoms with Crippen LogP contribution in [0.15, 0.2) is 24.3 Å². The molecule has 1 aliphatic carbocycles. The molecule has 3 aliphatic rings. The lowest BCUT2D eigenvalue weighted by Crippen LogP contribution is -2.33. The van der Waals surface area contributed by atoms with Gasteiger partial charge < -0.3 is 14.6 Å². The second kappa shape index (κ2) is 10.5. The smallest absolute Gasteiger partial charge is 0.388 e. The molecule has 0 saturated carbocycles. The third-order valence-corrected chi connectivity index (χ3v) is 8.06. The van der Waals surface area contributed by atoms with E-state index in [1.54, 1.807) is 0 Å². The Bertz CT molecular complexity index is 1130. The van der Waals surface area contributed by atoms with E-state index in [1.807, 2.05) is 0 Å². The standard InChI is InChI=1S/C26H30F3NO3.C5H12/c1-14(2)22-20-21(19-17(30-22)11-24(3,4)12-18(19)31)25(9-10-32-13-25)33-23(20)15-5-7-16(8-6-15)26(27,28)29;1-4-5(2)3/h5-8,14,18,23,31H,9-13H2,1-4H3;5H,4H2,1-3H3. The summed E-state index contributed by atoms with van der Waals surface area (Å²) in [5.74, 6) is 0.972. The molecule has 7 heteroatoms. The molecule has 1 spiro atoms. The molecule has 2 aliphatic heterocycles. The average molecular weight is 534 g/mol. The van der Waals surface area contributed by atoms with Crippen molar-refractivity contribution in [3.05, 3.63) is 63.5 Å². The number of fused-ring (bicyclic) bond motifs is 4. The monoisotopic (exact) mass is 533 g/mol. The molecule has 1 saturated heterocycles. The first kappa shape index (κ1) is 29.0. The fraction of sp³-hybridized carbons (Fsp3) is 0.645. The van der Waals surface area contributed by atoms with Gasteiger partial charge in [0.25, 0.3) is 0 Å². The van der Waals surface area contributed by atoms with Gasteiger partial charge in [0, 0.05) is 41.1 Å². The zero-order valence-corrected chi connectivity index (χ0v) is 23.7. The molecular weight excluding hydrogens is 491 g/mol. The van der Waals surface area contributed by atoms with Crippen molar-refractivity contribution in [1.82, 2.24) is 4.98 Å². The number of aliphatic hydroxyl groups excluding tert-OH is 1. The number of halogens is 3. The number of benzene rings is 1. The Morgan fingerprint density at radius 2 is 1.71 bits per heavy atom. The highest BCUT2D eigenvalue weighted by atomic mass is 19.4. The molecule has 1 fully saturated rings. The zero-order chi connectivity index (χ0) is 28.0. The summed E-state index contributed by atoms with van der Waals surface area (Å²) in [5.41, 5.74) is 3.67. The third kappa shape index (κ3) is 5.52. The highest BCUT2D eigenvalue weighted by molar-refractivity contribution is 5.54. The van der Waals surface area contributed by atoms with Gasteiger partial charge in [-0.2, -0.15) is 13.2 Å². The first-order valence-corrected chi connectivity index (χ1v) is 13.9. The van der Waals surface area contributed by atoms with E-state index in [9.17, 15) is 18.3 Å². The third-order valence-electron chi connectivity index (χ3n) is 8.06. The van der Waals surface area contributed by atoms with Crippen LogP contribution in [0.25, 0.3) is 0 Å². The summed E-state index contributed by atoms with van der Waals surface area (Å²) in [4.78, 5) is 5.06. The van der Waals surface area contributed by atoms with E-state index in [4.69, 9.17) is 14.5 Å². The molecule has 210 valence electrons. The Balaban J connectivity index is 0.000000617. The van der Waals surface area contributed by atoms with Crippen LogP contribution in [0.3, 0.4) is 0 Å². The van der Waals surface area contributed by atoms with Crippen molar-refractivity contribution >= 4 is 0 Å². The lowest BCUT2D eigenvalue weighted by atomic mass is 9.70. The van der Waals surface area contributed by atoms with Crippen molar-refractivity contribution in [2.75, 3.05) is 13.2 Å². The molecule has 1 aromatic carbocycles. The molecule has 3 heterocycles. The van der Waals surface area contributed by atoms with Crippen molar-refractivity contribution in [3.8, 4) is 0 Å². The van der Waals surface area contributed by atoms with E-state index in [-0.39, 0.29) is 11.3 Å². The van der Waals surface area contributed by atoms with Crippen molar-refractivity contribution < 1.29 is 27.8 Å². The molecule has 1 N–H and O–H groups in total. The maximum absolute atomic E-state index is 13.2. The molecule has 0 bridgehead atoms. The molecule has 38 heavy (non-hydrogen) atoms. The summed E-state index contributed by atoms with van der Waals surface area (Å²) < 4.78 is 51.9. The summed E-state index contributed by atoms with van der Waals surface area (Å²) in [6, 6.07) is 5.20. The minimum atomic E-state index is -4.39. The van der Waals surface area contributed by atoms with Crippen molar-refractivity contribution in [1.29, 1.82) is 0 Å². The maximum atomic E-state index is 13.2. The van der Waals surface area contributed by atoms with Gasteiger partial charge in [-0.3, -0.25) is 4.98 Å². The van der Waals surface area contributed by atoms with Crippen LogP contribution >= 0.6 is 0 Å². The Hall–Kier alpha value is -1.96. The quantitative estimate of drug-likeness (QED) is 0.434. The number of pyridine rings is 1. The summed E-state index contributed by atoms with van der Waals surface area (Å²) >= 11 is 0. The average Bonchev–Trinajstić information content (AvgIpc) is 3.43. The highest BCUT2D eigenvalue weighted by Gasteiger charge is 2.53. The zero-order valence-electron chi connectivity index (χ0n) is 23.7. The van der Waals surface area contributed by atoms with E-state index in [0.717, 1.165) is 52.5 Å². The van der Waals surface area contributed by atoms with Crippen LogP contribution in [0.1, 0.15) is 125 Å². The van der Waals surface area contributed by atoms with Gasteiger partial charge >= 0.3 is 6.18 Å². The molecule has 4 nitrogen and oxygen atoms in total. The lowest BCUT2D eigenvalue weighted by molar-refractivity contribution is -0.137. The van der Waals surface area contributed by atoms with Crippen LogP contribution in [0.5, 0.6) is 0 Å². The van der Waals surface area contributed by atoms with E-state index in [0.29, 0.717) is 31.6 Å². The van der Waals surface area contributed by atoms with Crippen molar-refractivity contribution in [3.63, 3.8) is 0 Å². The minimum Gasteiger partial charge on any atom is -0.388 e. The van der Waals surface area contributed by atoms with Gasteiger partial charge in [0.1, 0.15) is 11.7 Å². The number of aliphatic hydroxyl groups is 1. The Labute approximate surface area is 225 Å².